The standard InChI is InChI=1S/C15H20N2O3/c1-11-4-3-5-13(8-11)16-14(18)10-17-7-6-12(9-17)15(19)20-2/h3-5,8,12H,6-7,9-10H2,1-2H3,(H,16,18). The maximum Gasteiger partial charge on any atom is 0.310 e. The van der Waals surface area contributed by atoms with Gasteiger partial charge in [0.25, 0.3) is 0 Å². The molecular formula is C15H20N2O3. The number of likely N-dealkylation sites (tertiary alicyclic amines) is 1. The van der Waals surface area contributed by atoms with Crippen molar-refractivity contribution in [3.8, 4) is 0 Å². The summed E-state index contributed by atoms with van der Waals surface area (Å²) in [5.74, 6) is -0.348. The lowest BCUT2D eigenvalue weighted by atomic mass is 10.1. The van der Waals surface area contributed by atoms with E-state index in [1.165, 1.54) is 7.11 Å². The zero-order valence-corrected chi connectivity index (χ0v) is 11.9. The molecule has 1 N–H and O–H groups in total. The van der Waals surface area contributed by atoms with E-state index in [9.17, 15) is 9.59 Å². The molecule has 1 heterocycles. The van der Waals surface area contributed by atoms with Gasteiger partial charge in [-0.2, -0.15) is 0 Å². The monoisotopic (exact) mass is 276 g/mol. The fraction of sp³-hybridized carbons (Fsp3) is 0.467. The molecule has 0 bridgehead atoms. The summed E-state index contributed by atoms with van der Waals surface area (Å²) in [6.45, 7) is 3.63. The first-order valence-corrected chi connectivity index (χ1v) is 6.75. The second-order valence-electron chi connectivity index (χ2n) is 5.16. The number of carbonyl (C=O) groups is 2. The zero-order chi connectivity index (χ0) is 14.5. The Morgan fingerprint density at radius 2 is 2.25 bits per heavy atom. The van der Waals surface area contributed by atoms with Gasteiger partial charge in [0, 0.05) is 12.2 Å². The first kappa shape index (κ1) is 14.5. The summed E-state index contributed by atoms with van der Waals surface area (Å²) in [4.78, 5) is 25.4. The highest BCUT2D eigenvalue weighted by Crippen LogP contribution is 2.17. The Kier molecular flexibility index (Phi) is 4.74. The lowest BCUT2D eigenvalue weighted by Crippen LogP contribution is -2.32. The van der Waals surface area contributed by atoms with Crippen molar-refractivity contribution < 1.29 is 14.3 Å². The number of hydrogen-bond donors (Lipinski definition) is 1. The predicted molar refractivity (Wildman–Crippen MR) is 76.4 cm³/mol. The van der Waals surface area contributed by atoms with Crippen LogP contribution in [0.2, 0.25) is 0 Å². The second-order valence-corrected chi connectivity index (χ2v) is 5.16. The van der Waals surface area contributed by atoms with Crippen LogP contribution in [-0.4, -0.2) is 43.5 Å². The minimum atomic E-state index is -0.188. The van der Waals surface area contributed by atoms with Crippen LogP contribution in [0.5, 0.6) is 0 Å². The van der Waals surface area contributed by atoms with Crippen LogP contribution in [0.1, 0.15) is 12.0 Å². The summed E-state index contributed by atoms with van der Waals surface area (Å²) in [6, 6.07) is 7.69. The normalized spacial score (nSPS) is 18.8. The number of ether oxygens (including phenoxy) is 1. The van der Waals surface area contributed by atoms with Gasteiger partial charge in [-0.05, 0) is 37.6 Å². The molecule has 108 valence electrons. The minimum Gasteiger partial charge on any atom is -0.469 e. The first-order chi connectivity index (χ1) is 9.58. The summed E-state index contributed by atoms with van der Waals surface area (Å²) in [5.41, 5.74) is 1.91. The molecule has 1 saturated heterocycles. The van der Waals surface area contributed by atoms with Crippen molar-refractivity contribution in [2.24, 2.45) is 5.92 Å². The summed E-state index contributed by atoms with van der Waals surface area (Å²) < 4.78 is 4.73. The third-order valence-electron chi connectivity index (χ3n) is 3.48. The number of esters is 1. The van der Waals surface area contributed by atoms with Gasteiger partial charge in [0.1, 0.15) is 0 Å². The molecule has 5 nitrogen and oxygen atoms in total. The van der Waals surface area contributed by atoms with E-state index < -0.39 is 0 Å². The molecule has 1 unspecified atom stereocenters. The van der Waals surface area contributed by atoms with Crippen molar-refractivity contribution in [1.82, 2.24) is 4.90 Å². The van der Waals surface area contributed by atoms with Crippen LogP contribution in [-0.2, 0) is 14.3 Å². The summed E-state index contributed by atoms with van der Waals surface area (Å²) in [5, 5.41) is 2.87. The SMILES string of the molecule is COC(=O)C1CCN(CC(=O)Nc2cccc(C)c2)C1. The fourth-order valence-corrected chi connectivity index (χ4v) is 2.46. The summed E-state index contributed by atoms with van der Waals surface area (Å²) >= 11 is 0. The largest absolute Gasteiger partial charge is 0.469 e. The van der Waals surface area contributed by atoms with Gasteiger partial charge in [-0.15, -0.1) is 0 Å². The Balaban J connectivity index is 1.82. The number of carbonyl (C=O) groups excluding carboxylic acids is 2. The maximum atomic E-state index is 12.0. The van der Waals surface area contributed by atoms with Crippen molar-refractivity contribution in [3.63, 3.8) is 0 Å². The quantitative estimate of drug-likeness (QED) is 0.845. The highest BCUT2D eigenvalue weighted by molar-refractivity contribution is 5.92. The van der Waals surface area contributed by atoms with Gasteiger partial charge >= 0.3 is 5.97 Å². The van der Waals surface area contributed by atoms with E-state index in [4.69, 9.17) is 4.74 Å². The Bertz CT molecular complexity index is 502. The molecule has 1 aliphatic rings. The second kappa shape index (κ2) is 6.52. The molecule has 1 atom stereocenters. The van der Waals surface area contributed by atoms with E-state index in [1.54, 1.807) is 0 Å². The minimum absolute atomic E-state index is 0.0545. The van der Waals surface area contributed by atoms with Crippen LogP contribution >= 0.6 is 0 Å². The van der Waals surface area contributed by atoms with E-state index in [0.29, 0.717) is 13.1 Å². The van der Waals surface area contributed by atoms with E-state index >= 15 is 0 Å². The Labute approximate surface area is 118 Å². The molecule has 1 fully saturated rings. The molecule has 1 aromatic rings. The number of rotatable bonds is 4. The van der Waals surface area contributed by atoms with Gasteiger partial charge < -0.3 is 10.1 Å². The number of nitrogens with one attached hydrogen (secondary N) is 1. The molecule has 5 heteroatoms. The van der Waals surface area contributed by atoms with E-state index in [-0.39, 0.29) is 17.8 Å². The van der Waals surface area contributed by atoms with Gasteiger partial charge in [-0.3, -0.25) is 14.5 Å². The number of aryl methyl sites for hydroxylation is 1. The van der Waals surface area contributed by atoms with Crippen molar-refractivity contribution in [2.45, 2.75) is 13.3 Å². The number of methoxy groups -OCH3 is 1. The topological polar surface area (TPSA) is 58.6 Å². The Morgan fingerprint density at radius 3 is 2.95 bits per heavy atom. The number of nitrogens with zero attached hydrogens (tertiary/aromatic N) is 1. The molecule has 2 rings (SSSR count). The van der Waals surface area contributed by atoms with Gasteiger partial charge in [0.05, 0.1) is 19.6 Å². The van der Waals surface area contributed by atoms with Crippen LogP contribution in [0.4, 0.5) is 5.69 Å². The molecule has 1 amide bonds. The van der Waals surface area contributed by atoms with Crippen LogP contribution in [0.25, 0.3) is 0 Å². The predicted octanol–water partition coefficient (Wildman–Crippen LogP) is 1.43. The molecule has 0 aliphatic carbocycles. The lowest BCUT2D eigenvalue weighted by molar-refractivity contribution is -0.145. The van der Waals surface area contributed by atoms with Gasteiger partial charge in [-0.1, -0.05) is 12.1 Å². The van der Waals surface area contributed by atoms with Gasteiger partial charge in [0.15, 0.2) is 0 Å². The third kappa shape index (κ3) is 3.81. The molecule has 20 heavy (non-hydrogen) atoms. The molecular weight excluding hydrogens is 256 g/mol. The lowest BCUT2D eigenvalue weighted by Gasteiger charge is -2.15. The molecule has 0 saturated carbocycles. The number of anilines is 1. The van der Waals surface area contributed by atoms with Crippen LogP contribution < -0.4 is 5.32 Å². The van der Waals surface area contributed by atoms with Crippen molar-refractivity contribution >= 4 is 17.6 Å². The average molecular weight is 276 g/mol. The van der Waals surface area contributed by atoms with Gasteiger partial charge in [-0.25, -0.2) is 0 Å². The molecule has 0 radical (unpaired) electrons. The summed E-state index contributed by atoms with van der Waals surface area (Å²) in [6.07, 6.45) is 0.754. The molecule has 1 aliphatic heterocycles. The Hall–Kier alpha value is -1.88. The molecule has 0 spiro atoms. The molecule has 1 aromatic carbocycles. The third-order valence-corrected chi connectivity index (χ3v) is 3.48. The zero-order valence-electron chi connectivity index (χ0n) is 11.9. The fourth-order valence-electron chi connectivity index (χ4n) is 2.46. The highest BCUT2D eigenvalue weighted by atomic mass is 16.5. The first-order valence-electron chi connectivity index (χ1n) is 6.75. The average Bonchev–Trinajstić information content (AvgIpc) is 2.86. The molecule has 0 aromatic heterocycles. The van der Waals surface area contributed by atoms with E-state index in [1.807, 2.05) is 36.1 Å². The number of hydrogen-bond acceptors (Lipinski definition) is 4. The van der Waals surface area contributed by atoms with Crippen LogP contribution in [0, 0.1) is 12.8 Å². The van der Waals surface area contributed by atoms with Crippen molar-refractivity contribution in [1.29, 1.82) is 0 Å². The van der Waals surface area contributed by atoms with E-state index in [0.717, 1.165) is 24.2 Å². The number of amides is 1. The highest BCUT2D eigenvalue weighted by Gasteiger charge is 2.29. The Morgan fingerprint density at radius 1 is 1.45 bits per heavy atom. The van der Waals surface area contributed by atoms with E-state index in [2.05, 4.69) is 5.32 Å². The smallest absolute Gasteiger partial charge is 0.310 e. The van der Waals surface area contributed by atoms with Crippen molar-refractivity contribution in [2.75, 3.05) is 32.1 Å². The summed E-state index contributed by atoms with van der Waals surface area (Å²) in [7, 11) is 1.40. The maximum absolute atomic E-state index is 12.0. The number of benzene rings is 1. The van der Waals surface area contributed by atoms with Crippen LogP contribution in [0.15, 0.2) is 24.3 Å². The van der Waals surface area contributed by atoms with Crippen LogP contribution in [0.3, 0.4) is 0 Å². The van der Waals surface area contributed by atoms with Crippen molar-refractivity contribution in [3.05, 3.63) is 29.8 Å². The van der Waals surface area contributed by atoms with Gasteiger partial charge in [0.2, 0.25) is 5.91 Å².